The molecule has 0 radical (unpaired) electrons. The summed E-state index contributed by atoms with van der Waals surface area (Å²) in [4.78, 5) is 2.60. The van der Waals surface area contributed by atoms with Gasteiger partial charge in [0.25, 0.3) is 0 Å². The van der Waals surface area contributed by atoms with E-state index >= 15 is 0 Å². The molecule has 3 heteroatoms. The van der Waals surface area contributed by atoms with Crippen molar-refractivity contribution in [1.82, 2.24) is 10.2 Å². The molecule has 0 aromatic heterocycles. The Morgan fingerprint density at radius 2 is 1.95 bits per heavy atom. The standard InChI is InChI=1S/C17H33N3/c1-5-16-8-12-20(13-9-16)11-7-6-10-17(4,14-18)19-15(2)3/h15-16,19H,5-13H2,1-4H3. The van der Waals surface area contributed by atoms with E-state index in [9.17, 15) is 5.26 Å². The van der Waals surface area contributed by atoms with Crippen molar-refractivity contribution in [2.45, 2.75) is 77.8 Å². The molecule has 1 atom stereocenters. The van der Waals surface area contributed by atoms with Gasteiger partial charge < -0.3 is 4.90 Å². The fourth-order valence-corrected chi connectivity index (χ4v) is 3.23. The molecule has 1 heterocycles. The molecule has 1 fully saturated rings. The molecule has 0 bridgehead atoms. The zero-order valence-electron chi connectivity index (χ0n) is 13.9. The molecule has 1 unspecified atom stereocenters. The number of nitriles is 1. The van der Waals surface area contributed by atoms with Crippen molar-refractivity contribution in [3.8, 4) is 6.07 Å². The van der Waals surface area contributed by atoms with Crippen molar-refractivity contribution >= 4 is 0 Å². The minimum Gasteiger partial charge on any atom is -0.303 e. The lowest BCUT2D eigenvalue weighted by Crippen LogP contribution is -2.45. The summed E-state index contributed by atoms with van der Waals surface area (Å²) in [5, 5.41) is 12.7. The van der Waals surface area contributed by atoms with Gasteiger partial charge in [-0.05, 0) is 78.4 Å². The second-order valence-electron chi connectivity index (χ2n) is 6.89. The number of rotatable bonds is 8. The maximum atomic E-state index is 9.32. The van der Waals surface area contributed by atoms with Gasteiger partial charge in [-0.25, -0.2) is 0 Å². The van der Waals surface area contributed by atoms with Gasteiger partial charge in [-0.3, -0.25) is 5.32 Å². The van der Waals surface area contributed by atoms with Crippen LogP contribution >= 0.6 is 0 Å². The van der Waals surface area contributed by atoms with Crippen molar-refractivity contribution in [1.29, 1.82) is 5.26 Å². The largest absolute Gasteiger partial charge is 0.303 e. The number of nitrogens with one attached hydrogen (secondary N) is 1. The van der Waals surface area contributed by atoms with E-state index in [4.69, 9.17) is 0 Å². The van der Waals surface area contributed by atoms with Gasteiger partial charge in [0.2, 0.25) is 0 Å². The van der Waals surface area contributed by atoms with Gasteiger partial charge in [-0.1, -0.05) is 13.3 Å². The number of likely N-dealkylation sites (tertiary alicyclic amines) is 1. The number of unbranched alkanes of at least 4 members (excludes halogenated alkanes) is 1. The van der Waals surface area contributed by atoms with Crippen LogP contribution in [0.2, 0.25) is 0 Å². The highest BCUT2D eigenvalue weighted by Crippen LogP contribution is 2.20. The highest BCUT2D eigenvalue weighted by molar-refractivity contribution is 5.04. The maximum Gasteiger partial charge on any atom is 0.104 e. The van der Waals surface area contributed by atoms with E-state index in [0.717, 1.165) is 18.8 Å². The second kappa shape index (κ2) is 8.64. The molecular formula is C17H33N3. The summed E-state index contributed by atoms with van der Waals surface area (Å²) in [6.07, 6.45) is 7.40. The molecule has 1 N–H and O–H groups in total. The Bertz CT molecular complexity index is 300. The van der Waals surface area contributed by atoms with E-state index < -0.39 is 0 Å². The van der Waals surface area contributed by atoms with E-state index in [1.54, 1.807) is 0 Å². The molecule has 0 aromatic rings. The van der Waals surface area contributed by atoms with Crippen LogP contribution in [0.15, 0.2) is 0 Å². The topological polar surface area (TPSA) is 39.1 Å². The van der Waals surface area contributed by atoms with Crippen molar-refractivity contribution in [2.24, 2.45) is 5.92 Å². The van der Waals surface area contributed by atoms with Gasteiger partial charge in [-0.15, -0.1) is 0 Å². The average molecular weight is 279 g/mol. The van der Waals surface area contributed by atoms with Crippen LogP contribution in [0.5, 0.6) is 0 Å². The third-order valence-electron chi connectivity index (χ3n) is 4.54. The van der Waals surface area contributed by atoms with E-state index in [-0.39, 0.29) is 5.54 Å². The fraction of sp³-hybridized carbons (Fsp3) is 0.941. The monoisotopic (exact) mass is 279 g/mol. The highest BCUT2D eigenvalue weighted by atomic mass is 15.1. The molecule has 1 saturated heterocycles. The quantitative estimate of drug-likeness (QED) is 0.691. The summed E-state index contributed by atoms with van der Waals surface area (Å²) in [5.74, 6) is 0.961. The van der Waals surface area contributed by atoms with Crippen LogP contribution in [-0.4, -0.2) is 36.1 Å². The highest BCUT2D eigenvalue weighted by Gasteiger charge is 2.24. The molecule has 0 aliphatic carbocycles. The Morgan fingerprint density at radius 3 is 2.45 bits per heavy atom. The lowest BCUT2D eigenvalue weighted by Gasteiger charge is -2.32. The van der Waals surface area contributed by atoms with E-state index in [1.807, 2.05) is 6.92 Å². The molecule has 0 aromatic carbocycles. The fourth-order valence-electron chi connectivity index (χ4n) is 3.23. The lowest BCUT2D eigenvalue weighted by molar-refractivity contribution is 0.177. The smallest absolute Gasteiger partial charge is 0.104 e. The Kier molecular flexibility index (Phi) is 7.55. The van der Waals surface area contributed by atoms with Gasteiger partial charge in [-0.2, -0.15) is 5.26 Å². The molecule has 0 amide bonds. The van der Waals surface area contributed by atoms with E-state index in [2.05, 4.69) is 37.1 Å². The summed E-state index contributed by atoms with van der Waals surface area (Å²) in [6.45, 7) is 12.3. The molecule has 1 aliphatic heterocycles. The minimum absolute atomic E-state index is 0.358. The molecular weight excluding hydrogens is 246 g/mol. The first-order chi connectivity index (χ1) is 9.49. The van der Waals surface area contributed by atoms with E-state index in [1.165, 1.54) is 45.3 Å². The van der Waals surface area contributed by atoms with Crippen LogP contribution in [0, 0.1) is 17.2 Å². The first kappa shape index (κ1) is 17.5. The van der Waals surface area contributed by atoms with E-state index in [0.29, 0.717) is 6.04 Å². The predicted octanol–water partition coefficient (Wildman–Crippen LogP) is 3.56. The van der Waals surface area contributed by atoms with Crippen molar-refractivity contribution < 1.29 is 0 Å². The Morgan fingerprint density at radius 1 is 1.30 bits per heavy atom. The van der Waals surface area contributed by atoms with Gasteiger partial charge in [0, 0.05) is 6.04 Å². The zero-order chi connectivity index (χ0) is 15.0. The lowest BCUT2D eigenvalue weighted by atomic mass is 9.93. The predicted molar refractivity (Wildman–Crippen MR) is 85.6 cm³/mol. The molecule has 1 rings (SSSR count). The number of piperidine rings is 1. The summed E-state index contributed by atoms with van der Waals surface area (Å²) >= 11 is 0. The number of nitrogens with zero attached hydrogens (tertiary/aromatic N) is 2. The Hall–Kier alpha value is -0.590. The van der Waals surface area contributed by atoms with Crippen LogP contribution in [0.1, 0.15) is 66.2 Å². The summed E-state index contributed by atoms with van der Waals surface area (Å²) in [5.41, 5.74) is -0.358. The summed E-state index contributed by atoms with van der Waals surface area (Å²) < 4.78 is 0. The zero-order valence-corrected chi connectivity index (χ0v) is 13.9. The molecule has 3 nitrogen and oxygen atoms in total. The SMILES string of the molecule is CCC1CCN(CCCCC(C)(C#N)NC(C)C)CC1. The number of hydrogen-bond donors (Lipinski definition) is 1. The second-order valence-corrected chi connectivity index (χ2v) is 6.89. The van der Waals surface area contributed by atoms with Crippen molar-refractivity contribution in [3.05, 3.63) is 0 Å². The third-order valence-corrected chi connectivity index (χ3v) is 4.54. The minimum atomic E-state index is -0.358. The normalized spacial score (nSPS) is 20.8. The molecule has 0 spiro atoms. The summed E-state index contributed by atoms with van der Waals surface area (Å²) in [6, 6.07) is 2.81. The number of hydrogen-bond acceptors (Lipinski definition) is 3. The van der Waals surface area contributed by atoms with Crippen molar-refractivity contribution in [3.63, 3.8) is 0 Å². The van der Waals surface area contributed by atoms with Gasteiger partial charge >= 0.3 is 0 Å². The molecule has 20 heavy (non-hydrogen) atoms. The first-order valence-corrected chi connectivity index (χ1v) is 8.40. The maximum absolute atomic E-state index is 9.32. The summed E-state index contributed by atoms with van der Waals surface area (Å²) in [7, 11) is 0. The van der Waals surface area contributed by atoms with Crippen LogP contribution < -0.4 is 5.32 Å². The Labute approximate surface area is 125 Å². The molecule has 116 valence electrons. The first-order valence-electron chi connectivity index (χ1n) is 8.40. The van der Waals surface area contributed by atoms with Crippen molar-refractivity contribution in [2.75, 3.05) is 19.6 Å². The van der Waals surface area contributed by atoms with Gasteiger partial charge in [0.15, 0.2) is 0 Å². The average Bonchev–Trinajstić information content (AvgIpc) is 2.43. The Balaban J connectivity index is 2.17. The molecule has 0 saturated carbocycles. The van der Waals surface area contributed by atoms with Crippen LogP contribution in [-0.2, 0) is 0 Å². The van der Waals surface area contributed by atoms with Gasteiger partial charge in [0.05, 0.1) is 6.07 Å². The third kappa shape index (κ3) is 6.24. The van der Waals surface area contributed by atoms with Crippen LogP contribution in [0.25, 0.3) is 0 Å². The van der Waals surface area contributed by atoms with Crippen LogP contribution in [0.3, 0.4) is 0 Å². The van der Waals surface area contributed by atoms with Gasteiger partial charge in [0.1, 0.15) is 5.54 Å². The molecule has 1 aliphatic rings. The van der Waals surface area contributed by atoms with Crippen LogP contribution in [0.4, 0.5) is 0 Å².